The Kier molecular flexibility index (Phi) is 3.61. The zero-order valence-corrected chi connectivity index (χ0v) is 11.2. The molecule has 0 aromatic rings. The molecule has 2 saturated heterocycles. The maximum atomic E-state index is 12.1. The van der Waals surface area contributed by atoms with E-state index in [1.54, 1.807) is 23.6 Å². The predicted octanol–water partition coefficient (Wildman–Crippen LogP) is 0.228. The third kappa shape index (κ3) is 2.83. The van der Waals surface area contributed by atoms with E-state index >= 15 is 0 Å². The molecule has 2 aliphatic heterocycles. The zero-order valence-electron chi connectivity index (χ0n) is 11.2. The van der Waals surface area contributed by atoms with Crippen LogP contribution in [0.1, 0.15) is 33.1 Å². The van der Waals surface area contributed by atoms with Crippen LogP contribution in [0.5, 0.6) is 0 Å². The van der Waals surface area contributed by atoms with Crippen LogP contribution in [0.25, 0.3) is 0 Å². The fourth-order valence-corrected chi connectivity index (χ4v) is 2.70. The lowest BCUT2D eigenvalue weighted by Gasteiger charge is -2.26. The Labute approximate surface area is 108 Å². The molecule has 2 fully saturated rings. The van der Waals surface area contributed by atoms with Crippen molar-refractivity contribution in [3.63, 3.8) is 0 Å². The fraction of sp³-hybridized carbons (Fsp3) is 0.846. The lowest BCUT2D eigenvalue weighted by atomic mass is 9.90. The van der Waals surface area contributed by atoms with Crippen LogP contribution in [0, 0.1) is 5.92 Å². The molecule has 2 heterocycles. The normalized spacial score (nSPS) is 25.1. The van der Waals surface area contributed by atoms with Gasteiger partial charge in [-0.05, 0) is 26.7 Å². The van der Waals surface area contributed by atoms with Crippen LogP contribution in [0.15, 0.2) is 0 Å². The largest absolute Gasteiger partial charge is 0.390 e. The molecule has 18 heavy (non-hydrogen) atoms. The van der Waals surface area contributed by atoms with E-state index in [4.69, 9.17) is 0 Å². The van der Waals surface area contributed by atoms with Crippen LogP contribution in [0.4, 0.5) is 0 Å². The number of carbonyl (C=O) groups excluding carboxylic acids is 2. The van der Waals surface area contributed by atoms with E-state index < -0.39 is 5.60 Å². The van der Waals surface area contributed by atoms with Crippen molar-refractivity contribution in [3.8, 4) is 0 Å². The highest BCUT2D eigenvalue weighted by Crippen LogP contribution is 2.27. The minimum atomic E-state index is -0.738. The number of aliphatic hydroxyl groups is 1. The summed E-state index contributed by atoms with van der Waals surface area (Å²) >= 11 is 0. The summed E-state index contributed by atoms with van der Waals surface area (Å²) in [5.74, 6) is 0.231. The van der Waals surface area contributed by atoms with Crippen molar-refractivity contribution in [1.82, 2.24) is 9.80 Å². The van der Waals surface area contributed by atoms with Crippen molar-refractivity contribution < 1.29 is 14.7 Å². The molecule has 0 bridgehead atoms. The molecule has 0 aliphatic carbocycles. The van der Waals surface area contributed by atoms with E-state index in [2.05, 4.69) is 0 Å². The van der Waals surface area contributed by atoms with Crippen LogP contribution in [-0.4, -0.2) is 58.5 Å². The minimum Gasteiger partial charge on any atom is -0.390 e. The van der Waals surface area contributed by atoms with E-state index in [1.165, 1.54) is 0 Å². The van der Waals surface area contributed by atoms with Gasteiger partial charge in [0, 0.05) is 32.0 Å². The lowest BCUT2D eigenvalue weighted by molar-refractivity contribution is -0.138. The topological polar surface area (TPSA) is 60.9 Å². The van der Waals surface area contributed by atoms with Gasteiger partial charge >= 0.3 is 0 Å². The van der Waals surface area contributed by atoms with Gasteiger partial charge in [-0.25, -0.2) is 0 Å². The summed E-state index contributed by atoms with van der Waals surface area (Å²) in [5, 5.41) is 9.94. The van der Waals surface area contributed by atoms with Gasteiger partial charge in [-0.1, -0.05) is 0 Å². The number of carbonyl (C=O) groups is 2. The standard InChI is InChI=1S/C13H22N2O3/c1-13(2,18)10-5-7-15(8-10)12(17)9-14-6-3-4-11(14)16/h10,18H,3-9H2,1-2H3/t10-/m0/s1. The lowest BCUT2D eigenvalue weighted by Crippen LogP contribution is -2.41. The SMILES string of the molecule is CC(C)(O)[C@H]1CCN(C(=O)CN2CCCC2=O)C1. The van der Waals surface area contributed by atoms with Gasteiger partial charge < -0.3 is 14.9 Å². The van der Waals surface area contributed by atoms with E-state index in [9.17, 15) is 14.7 Å². The van der Waals surface area contributed by atoms with E-state index in [0.717, 1.165) is 12.8 Å². The second-order valence-corrected chi connectivity index (χ2v) is 5.90. The van der Waals surface area contributed by atoms with Crippen molar-refractivity contribution in [2.45, 2.75) is 38.7 Å². The van der Waals surface area contributed by atoms with Crippen LogP contribution < -0.4 is 0 Å². The zero-order chi connectivity index (χ0) is 13.3. The van der Waals surface area contributed by atoms with Gasteiger partial charge in [0.05, 0.1) is 12.1 Å². The molecule has 0 unspecified atom stereocenters. The predicted molar refractivity (Wildman–Crippen MR) is 66.8 cm³/mol. The maximum Gasteiger partial charge on any atom is 0.242 e. The molecule has 0 aromatic carbocycles. The summed E-state index contributed by atoms with van der Waals surface area (Å²) in [7, 11) is 0. The maximum absolute atomic E-state index is 12.1. The van der Waals surface area contributed by atoms with E-state index in [1.807, 2.05) is 0 Å². The Hall–Kier alpha value is -1.10. The van der Waals surface area contributed by atoms with Gasteiger partial charge in [0.1, 0.15) is 0 Å². The Morgan fingerprint density at radius 2 is 2.17 bits per heavy atom. The summed E-state index contributed by atoms with van der Waals surface area (Å²) in [5.41, 5.74) is -0.738. The van der Waals surface area contributed by atoms with Crippen molar-refractivity contribution in [3.05, 3.63) is 0 Å². The first-order valence-electron chi connectivity index (χ1n) is 6.66. The van der Waals surface area contributed by atoms with Crippen molar-refractivity contribution in [1.29, 1.82) is 0 Å². The number of nitrogens with zero attached hydrogens (tertiary/aromatic N) is 2. The van der Waals surface area contributed by atoms with E-state index in [0.29, 0.717) is 26.1 Å². The van der Waals surface area contributed by atoms with Crippen molar-refractivity contribution in [2.75, 3.05) is 26.2 Å². The highest BCUT2D eigenvalue weighted by molar-refractivity contribution is 5.86. The highest BCUT2D eigenvalue weighted by atomic mass is 16.3. The van der Waals surface area contributed by atoms with Gasteiger partial charge in [0.15, 0.2) is 0 Å². The third-order valence-corrected chi connectivity index (χ3v) is 4.04. The molecule has 102 valence electrons. The first-order chi connectivity index (χ1) is 8.38. The summed E-state index contributed by atoms with van der Waals surface area (Å²) in [6.45, 7) is 5.77. The number of likely N-dealkylation sites (tertiary alicyclic amines) is 2. The summed E-state index contributed by atoms with van der Waals surface area (Å²) in [4.78, 5) is 26.9. The highest BCUT2D eigenvalue weighted by Gasteiger charge is 2.36. The van der Waals surface area contributed by atoms with Crippen LogP contribution in [0.3, 0.4) is 0 Å². The molecule has 1 N–H and O–H groups in total. The summed E-state index contributed by atoms with van der Waals surface area (Å²) in [6.07, 6.45) is 2.27. The molecule has 1 atom stereocenters. The van der Waals surface area contributed by atoms with Crippen LogP contribution >= 0.6 is 0 Å². The molecular formula is C13H22N2O3. The van der Waals surface area contributed by atoms with Crippen molar-refractivity contribution >= 4 is 11.8 Å². The quantitative estimate of drug-likeness (QED) is 0.784. The Morgan fingerprint density at radius 1 is 1.44 bits per heavy atom. The Bertz CT molecular complexity index is 349. The first kappa shape index (κ1) is 13.3. The number of amides is 2. The van der Waals surface area contributed by atoms with Gasteiger partial charge in [-0.3, -0.25) is 9.59 Å². The average Bonchev–Trinajstić information content (AvgIpc) is 2.87. The van der Waals surface area contributed by atoms with Crippen LogP contribution in [-0.2, 0) is 9.59 Å². The van der Waals surface area contributed by atoms with Gasteiger partial charge in [0.25, 0.3) is 0 Å². The third-order valence-electron chi connectivity index (χ3n) is 4.04. The number of hydrogen-bond donors (Lipinski definition) is 1. The Balaban J connectivity index is 1.86. The fourth-order valence-electron chi connectivity index (χ4n) is 2.70. The minimum absolute atomic E-state index is 0.0111. The van der Waals surface area contributed by atoms with Gasteiger partial charge in [-0.2, -0.15) is 0 Å². The number of rotatable bonds is 3. The molecule has 2 rings (SSSR count). The molecule has 5 heteroatoms. The number of hydrogen-bond acceptors (Lipinski definition) is 3. The average molecular weight is 254 g/mol. The molecule has 5 nitrogen and oxygen atoms in total. The molecule has 0 aromatic heterocycles. The second-order valence-electron chi connectivity index (χ2n) is 5.90. The molecule has 0 radical (unpaired) electrons. The molecule has 0 saturated carbocycles. The Morgan fingerprint density at radius 3 is 2.67 bits per heavy atom. The summed E-state index contributed by atoms with van der Waals surface area (Å²) < 4.78 is 0. The van der Waals surface area contributed by atoms with E-state index in [-0.39, 0.29) is 24.3 Å². The van der Waals surface area contributed by atoms with Crippen molar-refractivity contribution in [2.24, 2.45) is 5.92 Å². The van der Waals surface area contributed by atoms with Gasteiger partial charge in [0.2, 0.25) is 11.8 Å². The van der Waals surface area contributed by atoms with Gasteiger partial charge in [-0.15, -0.1) is 0 Å². The second kappa shape index (κ2) is 4.88. The van der Waals surface area contributed by atoms with Crippen LogP contribution in [0.2, 0.25) is 0 Å². The molecule has 2 amide bonds. The smallest absolute Gasteiger partial charge is 0.242 e. The first-order valence-corrected chi connectivity index (χ1v) is 6.66. The molecule has 2 aliphatic rings. The molecular weight excluding hydrogens is 232 g/mol. The molecule has 0 spiro atoms. The monoisotopic (exact) mass is 254 g/mol. The summed E-state index contributed by atoms with van der Waals surface area (Å²) in [6, 6.07) is 0.